The third-order valence-corrected chi connectivity index (χ3v) is 7.70. The summed E-state index contributed by atoms with van der Waals surface area (Å²) in [5.41, 5.74) is 5.91. The van der Waals surface area contributed by atoms with Crippen LogP contribution >= 0.6 is 0 Å². The highest BCUT2D eigenvalue weighted by molar-refractivity contribution is 5.41. The highest BCUT2D eigenvalue weighted by Crippen LogP contribution is 2.61. The van der Waals surface area contributed by atoms with Gasteiger partial charge in [0.05, 0.1) is 6.10 Å². The summed E-state index contributed by atoms with van der Waals surface area (Å²) in [6.07, 6.45) is 4.30. The van der Waals surface area contributed by atoms with Crippen LogP contribution in [0.25, 0.3) is 0 Å². The quantitative estimate of drug-likeness (QED) is 0.707. The van der Waals surface area contributed by atoms with Gasteiger partial charge in [-0.05, 0) is 72.0 Å². The molecule has 1 saturated carbocycles. The zero-order valence-corrected chi connectivity index (χ0v) is 16.6. The average molecular weight is 349 g/mol. The van der Waals surface area contributed by atoms with Crippen LogP contribution in [0.2, 0.25) is 0 Å². The van der Waals surface area contributed by atoms with E-state index in [0.717, 1.165) is 12.0 Å². The number of hydrogen-bond donors (Lipinski definition) is 1. The maximum atomic E-state index is 11.2. The number of aryl methyl sites for hydroxylation is 2. The molecule has 0 unspecified atom stereocenters. The predicted octanol–water partition coefficient (Wildman–Crippen LogP) is 5.98. The van der Waals surface area contributed by atoms with Crippen LogP contribution in [-0.2, 0) is 11.8 Å². The number of hydrogen-bond acceptors (Lipinski definition) is 1. The molecular formula is C25H32O. The lowest BCUT2D eigenvalue weighted by Crippen LogP contribution is -2.53. The van der Waals surface area contributed by atoms with Crippen molar-refractivity contribution in [3.63, 3.8) is 0 Å². The van der Waals surface area contributed by atoms with Crippen molar-refractivity contribution < 1.29 is 5.11 Å². The topological polar surface area (TPSA) is 20.2 Å². The Morgan fingerprint density at radius 1 is 1.00 bits per heavy atom. The van der Waals surface area contributed by atoms with Crippen LogP contribution in [0.15, 0.2) is 48.5 Å². The van der Waals surface area contributed by atoms with Gasteiger partial charge in [-0.25, -0.2) is 0 Å². The summed E-state index contributed by atoms with van der Waals surface area (Å²) < 4.78 is 0. The normalized spacial score (nSPS) is 31.0. The van der Waals surface area contributed by atoms with E-state index in [9.17, 15) is 5.11 Å². The molecule has 1 nitrogen and oxygen atoms in total. The summed E-state index contributed by atoms with van der Waals surface area (Å²) >= 11 is 0. The third kappa shape index (κ3) is 2.63. The first-order valence-corrected chi connectivity index (χ1v) is 10.2. The summed E-state index contributed by atoms with van der Waals surface area (Å²) in [4.78, 5) is 0. The molecule has 0 amide bonds. The van der Waals surface area contributed by atoms with Gasteiger partial charge < -0.3 is 5.11 Å². The molecule has 0 radical (unpaired) electrons. The van der Waals surface area contributed by atoms with Gasteiger partial charge in [0.1, 0.15) is 0 Å². The highest BCUT2D eigenvalue weighted by Gasteiger charge is 2.55. The summed E-state index contributed by atoms with van der Waals surface area (Å²) in [7, 11) is 0. The van der Waals surface area contributed by atoms with Gasteiger partial charge in [-0.1, -0.05) is 74.9 Å². The molecule has 1 fully saturated rings. The molecule has 1 heteroatoms. The molecule has 26 heavy (non-hydrogen) atoms. The summed E-state index contributed by atoms with van der Waals surface area (Å²) in [5.74, 6) is 0.927. The van der Waals surface area contributed by atoms with Crippen LogP contribution in [0.3, 0.4) is 0 Å². The second-order valence-electron chi connectivity index (χ2n) is 9.49. The third-order valence-electron chi connectivity index (χ3n) is 7.70. The molecule has 4 atom stereocenters. The first kappa shape index (κ1) is 17.8. The van der Waals surface area contributed by atoms with E-state index >= 15 is 0 Å². The van der Waals surface area contributed by atoms with Crippen molar-refractivity contribution in [1.82, 2.24) is 0 Å². The predicted molar refractivity (Wildman–Crippen MR) is 108 cm³/mol. The first-order valence-electron chi connectivity index (χ1n) is 10.2. The second-order valence-corrected chi connectivity index (χ2v) is 9.49. The number of benzene rings is 2. The molecule has 0 heterocycles. The molecule has 4 rings (SSSR count). The molecule has 1 N–H and O–H groups in total. The Morgan fingerprint density at radius 2 is 1.73 bits per heavy atom. The molecule has 2 aromatic carbocycles. The fourth-order valence-corrected chi connectivity index (χ4v) is 6.28. The molecule has 0 bridgehead atoms. The van der Waals surface area contributed by atoms with Crippen molar-refractivity contribution in [2.75, 3.05) is 0 Å². The Kier molecular flexibility index (Phi) is 4.27. The smallest absolute Gasteiger partial charge is 0.0823 e. The largest absolute Gasteiger partial charge is 0.388 e. The first-order chi connectivity index (χ1) is 12.3. The van der Waals surface area contributed by atoms with Crippen molar-refractivity contribution in [2.24, 2.45) is 17.3 Å². The zero-order valence-electron chi connectivity index (χ0n) is 16.6. The van der Waals surface area contributed by atoms with Crippen molar-refractivity contribution in [3.8, 4) is 0 Å². The molecule has 2 aliphatic carbocycles. The van der Waals surface area contributed by atoms with Crippen molar-refractivity contribution >= 4 is 0 Å². The van der Waals surface area contributed by atoms with Crippen molar-refractivity contribution in [2.45, 2.75) is 64.9 Å². The van der Waals surface area contributed by atoms with E-state index in [2.05, 4.69) is 58.0 Å². The maximum absolute atomic E-state index is 11.2. The number of aliphatic hydroxyl groups is 1. The minimum Gasteiger partial charge on any atom is -0.388 e. The van der Waals surface area contributed by atoms with E-state index in [4.69, 9.17) is 0 Å². The number of aliphatic hydroxyl groups excluding tert-OH is 1. The van der Waals surface area contributed by atoms with Crippen LogP contribution in [-0.4, -0.2) is 5.11 Å². The molecule has 0 aliphatic heterocycles. The van der Waals surface area contributed by atoms with Crippen molar-refractivity contribution in [3.05, 3.63) is 70.8 Å². The second kappa shape index (κ2) is 6.23. The van der Waals surface area contributed by atoms with Gasteiger partial charge in [-0.15, -0.1) is 0 Å². The lowest BCUT2D eigenvalue weighted by molar-refractivity contribution is -0.0726. The van der Waals surface area contributed by atoms with Crippen LogP contribution in [0.4, 0.5) is 0 Å². The fourth-order valence-electron chi connectivity index (χ4n) is 6.28. The van der Waals surface area contributed by atoms with Crippen LogP contribution in [0, 0.1) is 24.2 Å². The Morgan fingerprint density at radius 3 is 2.46 bits per heavy atom. The summed E-state index contributed by atoms with van der Waals surface area (Å²) in [6.45, 7) is 9.52. The van der Waals surface area contributed by atoms with E-state index in [1.54, 1.807) is 11.1 Å². The van der Waals surface area contributed by atoms with E-state index < -0.39 is 0 Å². The summed E-state index contributed by atoms with van der Waals surface area (Å²) in [5, 5.41) is 11.2. The van der Waals surface area contributed by atoms with E-state index in [-0.39, 0.29) is 16.9 Å². The van der Waals surface area contributed by atoms with Crippen LogP contribution in [0.5, 0.6) is 0 Å². The van der Waals surface area contributed by atoms with Gasteiger partial charge in [0, 0.05) is 0 Å². The Labute approximate surface area is 158 Å². The Hall–Kier alpha value is -1.60. The Bertz CT molecular complexity index is 791. The Balaban J connectivity index is 1.71. The zero-order chi connectivity index (χ0) is 18.5. The lowest BCUT2D eigenvalue weighted by atomic mass is 9.46. The van der Waals surface area contributed by atoms with Gasteiger partial charge in [-0.3, -0.25) is 0 Å². The van der Waals surface area contributed by atoms with Gasteiger partial charge >= 0.3 is 0 Å². The van der Waals surface area contributed by atoms with E-state index in [1.807, 2.05) is 18.2 Å². The average Bonchev–Trinajstić information content (AvgIpc) is 2.62. The van der Waals surface area contributed by atoms with E-state index in [0.29, 0.717) is 11.8 Å². The maximum Gasteiger partial charge on any atom is 0.0823 e. The van der Waals surface area contributed by atoms with E-state index in [1.165, 1.54) is 24.8 Å². The molecule has 0 saturated heterocycles. The molecule has 2 aromatic rings. The monoisotopic (exact) mass is 348 g/mol. The minimum atomic E-state index is -0.366. The minimum absolute atomic E-state index is 0.115. The van der Waals surface area contributed by atoms with Gasteiger partial charge in [0.15, 0.2) is 0 Å². The molecule has 0 spiro atoms. The van der Waals surface area contributed by atoms with Crippen LogP contribution in [0.1, 0.15) is 68.4 Å². The summed E-state index contributed by atoms with van der Waals surface area (Å²) in [6, 6.07) is 17.3. The van der Waals surface area contributed by atoms with Crippen molar-refractivity contribution in [1.29, 1.82) is 0 Å². The molecular weight excluding hydrogens is 316 g/mol. The van der Waals surface area contributed by atoms with Crippen LogP contribution < -0.4 is 0 Å². The lowest BCUT2D eigenvalue weighted by Gasteiger charge is -2.58. The fraction of sp³-hybridized carbons (Fsp3) is 0.520. The number of fused-ring (bicyclic) bond motifs is 3. The SMILES string of the molecule is Cc1ccc2c(c1)[C@@]1(C)CC[C@H]([C@@H](O)c3ccccc3)C(C)(C)[C@@H]1CC2. The molecule has 0 aromatic heterocycles. The van der Waals surface area contributed by atoms with Gasteiger partial charge in [0.2, 0.25) is 0 Å². The van der Waals surface area contributed by atoms with Gasteiger partial charge in [-0.2, -0.15) is 0 Å². The molecule has 2 aliphatic rings. The number of rotatable bonds is 2. The van der Waals surface area contributed by atoms with Gasteiger partial charge in [0.25, 0.3) is 0 Å². The molecule has 138 valence electrons. The standard InChI is InChI=1S/C25H32O/c1-17-10-11-18-12-13-22-24(2,3)20(14-15-25(22,4)21(18)16-17)23(26)19-8-6-5-7-9-19/h5-11,16,20,22-23,26H,12-15H2,1-4H3/t20-,22+,23+,25-/m1/s1. The highest BCUT2D eigenvalue weighted by atomic mass is 16.3.